The van der Waals surface area contributed by atoms with Gasteiger partial charge in [-0.3, -0.25) is 9.59 Å². The minimum Gasteiger partial charge on any atom is -0.458 e. The number of carbonyl (C=O) groups excluding carboxylic acids is 2. The van der Waals surface area contributed by atoms with E-state index in [1.165, 1.54) is 30.4 Å². The highest BCUT2D eigenvalue weighted by Gasteiger charge is 2.78. The number of ether oxygens (including phenoxy) is 1. The van der Waals surface area contributed by atoms with Crippen molar-refractivity contribution in [1.82, 2.24) is 0 Å². The molecule has 1 heterocycles. The first-order valence-electron chi connectivity index (χ1n) is 10.6. The third-order valence-corrected chi connectivity index (χ3v) is 9.43. The molecule has 1 aliphatic heterocycles. The smallest absolute Gasteiger partial charge is 0.306 e. The van der Waals surface area contributed by atoms with Crippen LogP contribution in [0.4, 0.5) is 0 Å². The van der Waals surface area contributed by atoms with E-state index in [1.54, 1.807) is 0 Å². The van der Waals surface area contributed by atoms with Crippen molar-refractivity contribution in [2.24, 2.45) is 40.9 Å². The van der Waals surface area contributed by atoms with Gasteiger partial charge >= 0.3 is 5.97 Å². The molecule has 0 radical (unpaired) electrons. The molecule has 8 atom stereocenters. The van der Waals surface area contributed by atoms with E-state index in [0.717, 1.165) is 25.2 Å². The number of rotatable bonds is 0. The van der Waals surface area contributed by atoms with Crippen molar-refractivity contribution in [3.63, 3.8) is 0 Å². The molecule has 0 aromatic heterocycles. The first-order valence-corrected chi connectivity index (χ1v) is 10.6. The molecule has 26 heavy (non-hydrogen) atoms. The molecule has 3 nitrogen and oxygen atoms in total. The minimum atomic E-state index is -0.162. The second-order valence-corrected chi connectivity index (χ2v) is 10.2. The third kappa shape index (κ3) is 1.67. The Labute approximate surface area is 155 Å². The molecule has 138 valence electrons. The highest BCUT2D eigenvalue weighted by molar-refractivity contribution is 5.92. The summed E-state index contributed by atoms with van der Waals surface area (Å²) in [6.07, 6.45) is 9.91. The van der Waals surface area contributed by atoms with E-state index in [9.17, 15) is 9.59 Å². The Hall–Kier alpha value is -1.38. The lowest BCUT2D eigenvalue weighted by Crippen LogP contribution is -2.55. The Morgan fingerprint density at radius 2 is 1.96 bits per heavy atom. The molecule has 0 bridgehead atoms. The number of allylic oxidation sites excluding steroid dienone is 2. The minimum absolute atomic E-state index is 0.0312. The van der Waals surface area contributed by atoms with Crippen LogP contribution in [0.15, 0.2) is 23.8 Å². The van der Waals surface area contributed by atoms with Gasteiger partial charge < -0.3 is 4.74 Å². The van der Waals surface area contributed by atoms with Gasteiger partial charge in [-0.2, -0.15) is 0 Å². The number of fused-ring (bicyclic) bond motifs is 9. The zero-order valence-corrected chi connectivity index (χ0v) is 15.6. The summed E-state index contributed by atoms with van der Waals surface area (Å²) in [6, 6.07) is 0. The predicted molar refractivity (Wildman–Crippen MR) is 97.0 cm³/mol. The Balaban J connectivity index is 1.40. The molecular formula is C23H28O3. The molecule has 1 saturated heterocycles. The Kier molecular flexibility index (Phi) is 2.84. The second kappa shape index (κ2) is 4.72. The van der Waals surface area contributed by atoms with Crippen molar-refractivity contribution in [1.29, 1.82) is 0 Å². The summed E-state index contributed by atoms with van der Waals surface area (Å²) in [6.45, 7) is 6.84. The van der Waals surface area contributed by atoms with Crippen LogP contribution in [0.25, 0.3) is 0 Å². The van der Waals surface area contributed by atoms with Crippen LogP contribution in [-0.4, -0.2) is 17.4 Å². The van der Waals surface area contributed by atoms with Gasteiger partial charge in [0.05, 0.1) is 0 Å². The van der Waals surface area contributed by atoms with Crippen molar-refractivity contribution in [3.8, 4) is 0 Å². The Morgan fingerprint density at radius 3 is 2.73 bits per heavy atom. The standard InChI is InChI=1S/C23H28O3/c1-12-9-17-15(14-4-3-13(24)10-16(12)14)5-7-22(2)21(17)18-11-19(18)23(22)8-6-20(25)26-23/h10,14-15,17-19,21H,1,3-9,11H2,2H3/t14?,15?,17?,18?,19?,21?,22-,23?/m0/s1. The van der Waals surface area contributed by atoms with Gasteiger partial charge in [-0.1, -0.05) is 19.1 Å². The maximum Gasteiger partial charge on any atom is 0.306 e. The molecule has 7 unspecified atom stereocenters. The zero-order valence-electron chi connectivity index (χ0n) is 15.6. The molecule has 3 heteroatoms. The van der Waals surface area contributed by atoms with E-state index >= 15 is 0 Å². The van der Waals surface area contributed by atoms with Crippen molar-refractivity contribution in [3.05, 3.63) is 23.8 Å². The largest absolute Gasteiger partial charge is 0.458 e. The van der Waals surface area contributed by atoms with Gasteiger partial charge in [0, 0.05) is 24.2 Å². The molecule has 0 amide bonds. The fraction of sp³-hybridized carbons (Fsp3) is 0.739. The lowest BCUT2D eigenvalue weighted by atomic mass is 9.48. The molecule has 6 rings (SSSR count). The van der Waals surface area contributed by atoms with Gasteiger partial charge in [0.15, 0.2) is 5.78 Å². The predicted octanol–water partition coefficient (Wildman–Crippen LogP) is 4.23. The van der Waals surface area contributed by atoms with Crippen LogP contribution in [0.3, 0.4) is 0 Å². The summed E-state index contributed by atoms with van der Waals surface area (Å²) in [7, 11) is 0. The van der Waals surface area contributed by atoms with Gasteiger partial charge in [-0.05, 0) is 79.8 Å². The van der Waals surface area contributed by atoms with Gasteiger partial charge in [-0.15, -0.1) is 0 Å². The van der Waals surface area contributed by atoms with Crippen molar-refractivity contribution in [2.75, 3.05) is 0 Å². The molecule has 1 spiro atoms. The van der Waals surface area contributed by atoms with E-state index < -0.39 is 0 Å². The fourth-order valence-corrected chi connectivity index (χ4v) is 8.49. The topological polar surface area (TPSA) is 43.4 Å². The summed E-state index contributed by atoms with van der Waals surface area (Å²) in [5.41, 5.74) is 2.48. The average Bonchev–Trinajstić information content (AvgIpc) is 3.24. The van der Waals surface area contributed by atoms with E-state index in [1.807, 2.05) is 6.08 Å². The van der Waals surface area contributed by atoms with Gasteiger partial charge in [-0.25, -0.2) is 0 Å². The molecular weight excluding hydrogens is 324 g/mol. The summed E-state index contributed by atoms with van der Waals surface area (Å²) < 4.78 is 6.15. The van der Waals surface area contributed by atoms with Crippen molar-refractivity contribution >= 4 is 11.8 Å². The van der Waals surface area contributed by atoms with E-state index in [0.29, 0.717) is 42.4 Å². The van der Waals surface area contributed by atoms with Crippen LogP contribution >= 0.6 is 0 Å². The summed E-state index contributed by atoms with van der Waals surface area (Å²) in [4.78, 5) is 24.0. The summed E-state index contributed by atoms with van der Waals surface area (Å²) in [5.74, 6) is 4.27. The van der Waals surface area contributed by atoms with Crippen molar-refractivity contribution in [2.45, 2.75) is 63.9 Å². The summed E-state index contributed by atoms with van der Waals surface area (Å²) in [5, 5.41) is 0. The van der Waals surface area contributed by atoms with Gasteiger partial charge in [0.1, 0.15) is 5.60 Å². The second-order valence-electron chi connectivity index (χ2n) is 10.2. The van der Waals surface area contributed by atoms with E-state index in [-0.39, 0.29) is 22.8 Å². The van der Waals surface area contributed by atoms with Gasteiger partial charge in [0.25, 0.3) is 0 Å². The monoisotopic (exact) mass is 352 g/mol. The van der Waals surface area contributed by atoms with Gasteiger partial charge in [0.2, 0.25) is 0 Å². The number of carbonyl (C=O) groups is 2. The molecule has 0 aromatic rings. The van der Waals surface area contributed by atoms with Crippen LogP contribution in [0.5, 0.6) is 0 Å². The Morgan fingerprint density at radius 1 is 1.12 bits per heavy atom. The van der Waals surface area contributed by atoms with Crippen LogP contribution in [0, 0.1) is 40.9 Å². The molecule has 5 fully saturated rings. The summed E-state index contributed by atoms with van der Waals surface area (Å²) >= 11 is 0. The zero-order chi connectivity index (χ0) is 17.8. The Bertz CT molecular complexity index is 778. The molecule has 4 saturated carbocycles. The van der Waals surface area contributed by atoms with Crippen LogP contribution in [0.2, 0.25) is 0 Å². The van der Waals surface area contributed by atoms with Crippen LogP contribution in [-0.2, 0) is 14.3 Å². The third-order valence-electron chi connectivity index (χ3n) is 9.43. The van der Waals surface area contributed by atoms with Crippen LogP contribution < -0.4 is 0 Å². The number of ketones is 1. The normalized spacial score (nSPS) is 54.2. The number of hydrogen-bond acceptors (Lipinski definition) is 3. The first kappa shape index (κ1) is 15.7. The maximum atomic E-state index is 12.1. The lowest BCUT2D eigenvalue weighted by Gasteiger charge is -2.57. The number of hydrogen-bond donors (Lipinski definition) is 0. The first-order chi connectivity index (χ1) is 12.4. The molecule has 6 aliphatic rings. The molecule has 5 aliphatic carbocycles. The van der Waals surface area contributed by atoms with E-state index in [2.05, 4.69) is 13.5 Å². The SMILES string of the molecule is C=C1CC2C(CC[C@@]3(C)C2C2CC2C32CCC(=O)O2)C2CCC(=O)C=C12. The molecule has 0 aromatic carbocycles. The molecule has 0 N–H and O–H groups in total. The maximum absolute atomic E-state index is 12.1. The average molecular weight is 352 g/mol. The fourth-order valence-electron chi connectivity index (χ4n) is 8.49. The van der Waals surface area contributed by atoms with Crippen molar-refractivity contribution < 1.29 is 14.3 Å². The van der Waals surface area contributed by atoms with E-state index in [4.69, 9.17) is 4.74 Å². The quantitative estimate of drug-likeness (QED) is 0.613. The number of esters is 1. The lowest BCUT2D eigenvalue weighted by molar-refractivity contribution is -0.173. The highest BCUT2D eigenvalue weighted by atomic mass is 16.6. The highest BCUT2D eigenvalue weighted by Crippen LogP contribution is 2.78. The van der Waals surface area contributed by atoms with Crippen LogP contribution in [0.1, 0.15) is 58.3 Å².